The normalized spacial score (nSPS) is 20.3. The molecule has 19 heavy (non-hydrogen) atoms. The molecule has 106 valence electrons. The van der Waals surface area contributed by atoms with Gasteiger partial charge in [0.05, 0.1) is 12.1 Å². The highest BCUT2D eigenvalue weighted by Crippen LogP contribution is 2.21. The van der Waals surface area contributed by atoms with Crippen LogP contribution in [-0.4, -0.2) is 28.0 Å². The molecule has 1 aromatic rings. The average molecular weight is 266 g/mol. The molecule has 1 aliphatic heterocycles. The maximum absolute atomic E-state index is 11.7. The summed E-state index contributed by atoms with van der Waals surface area (Å²) >= 11 is 0. The zero-order chi connectivity index (χ0) is 13.9. The Kier molecular flexibility index (Phi) is 4.24. The minimum absolute atomic E-state index is 0.0149. The number of aromatic nitrogens is 2. The summed E-state index contributed by atoms with van der Waals surface area (Å²) in [5, 5.41) is 4.39. The van der Waals surface area contributed by atoms with Crippen molar-refractivity contribution in [3.8, 4) is 0 Å². The molecule has 0 N–H and O–H groups in total. The highest BCUT2D eigenvalue weighted by Gasteiger charge is 2.19. The zero-order valence-electron chi connectivity index (χ0n) is 11.9. The lowest BCUT2D eigenvalue weighted by Gasteiger charge is -2.22. The molecule has 0 radical (unpaired) electrons. The second-order valence-corrected chi connectivity index (χ2v) is 5.87. The Morgan fingerprint density at radius 1 is 1.53 bits per heavy atom. The van der Waals surface area contributed by atoms with Crippen LogP contribution in [0.4, 0.5) is 0 Å². The van der Waals surface area contributed by atoms with Crippen molar-refractivity contribution in [1.29, 1.82) is 0 Å². The Balaban J connectivity index is 1.91. The summed E-state index contributed by atoms with van der Waals surface area (Å²) in [6, 6.07) is 1.85. The fourth-order valence-corrected chi connectivity index (χ4v) is 2.09. The van der Waals surface area contributed by atoms with Crippen LogP contribution in [0.15, 0.2) is 12.3 Å². The lowest BCUT2D eigenvalue weighted by Crippen LogP contribution is -2.25. The number of hydrogen-bond donors (Lipinski definition) is 0. The van der Waals surface area contributed by atoms with Crippen molar-refractivity contribution in [1.82, 2.24) is 9.78 Å². The van der Waals surface area contributed by atoms with E-state index >= 15 is 0 Å². The van der Waals surface area contributed by atoms with E-state index in [1.165, 1.54) is 0 Å². The molecule has 2 heterocycles. The number of ether oxygens (including phenoxy) is 2. The number of hydrogen-bond acceptors (Lipinski definition) is 4. The van der Waals surface area contributed by atoms with Crippen LogP contribution in [0.5, 0.6) is 0 Å². The molecule has 0 amide bonds. The first-order chi connectivity index (χ1) is 8.94. The van der Waals surface area contributed by atoms with Gasteiger partial charge >= 0.3 is 5.97 Å². The molecule has 1 saturated heterocycles. The van der Waals surface area contributed by atoms with Crippen molar-refractivity contribution in [3.63, 3.8) is 0 Å². The van der Waals surface area contributed by atoms with E-state index in [2.05, 4.69) is 5.10 Å². The van der Waals surface area contributed by atoms with E-state index in [1.807, 2.05) is 33.0 Å². The lowest BCUT2D eigenvalue weighted by atomic mass is 10.2. The summed E-state index contributed by atoms with van der Waals surface area (Å²) in [6.07, 6.45) is 5.34. The molecule has 0 aromatic carbocycles. The maximum atomic E-state index is 11.7. The van der Waals surface area contributed by atoms with E-state index in [-0.39, 0.29) is 18.6 Å². The standard InChI is InChI=1S/C14H22N2O3/c1-14(2,3)19-13(17)10-11-7-8-16(15-11)12-6-4-5-9-18-12/h7-8,12H,4-6,9-10H2,1-3H3. The maximum Gasteiger partial charge on any atom is 0.312 e. The number of nitrogens with zero attached hydrogens (tertiary/aromatic N) is 2. The van der Waals surface area contributed by atoms with Gasteiger partial charge in [-0.3, -0.25) is 4.79 Å². The quantitative estimate of drug-likeness (QED) is 0.789. The van der Waals surface area contributed by atoms with Crippen molar-refractivity contribution in [2.24, 2.45) is 0 Å². The van der Waals surface area contributed by atoms with Crippen LogP contribution in [0.2, 0.25) is 0 Å². The second kappa shape index (κ2) is 5.74. The first kappa shape index (κ1) is 14.1. The van der Waals surface area contributed by atoms with E-state index in [0.29, 0.717) is 0 Å². The van der Waals surface area contributed by atoms with Gasteiger partial charge in [0.15, 0.2) is 0 Å². The Morgan fingerprint density at radius 3 is 2.95 bits per heavy atom. The topological polar surface area (TPSA) is 53.4 Å². The van der Waals surface area contributed by atoms with Gasteiger partial charge in [-0.1, -0.05) is 0 Å². The molecular weight excluding hydrogens is 244 g/mol. The Morgan fingerprint density at radius 2 is 2.32 bits per heavy atom. The fraction of sp³-hybridized carbons (Fsp3) is 0.714. The van der Waals surface area contributed by atoms with Gasteiger partial charge in [0.2, 0.25) is 0 Å². The van der Waals surface area contributed by atoms with E-state index in [0.717, 1.165) is 31.6 Å². The summed E-state index contributed by atoms with van der Waals surface area (Å²) in [4.78, 5) is 11.7. The molecule has 1 atom stereocenters. The number of rotatable bonds is 3. The third-order valence-electron chi connectivity index (χ3n) is 2.86. The van der Waals surface area contributed by atoms with E-state index < -0.39 is 5.60 Å². The molecule has 2 rings (SSSR count). The third-order valence-corrected chi connectivity index (χ3v) is 2.86. The zero-order valence-corrected chi connectivity index (χ0v) is 11.9. The Labute approximate surface area is 113 Å². The van der Waals surface area contributed by atoms with Crippen LogP contribution in [0.25, 0.3) is 0 Å². The van der Waals surface area contributed by atoms with Crippen LogP contribution in [0.1, 0.15) is 52.0 Å². The predicted molar refractivity (Wildman–Crippen MR) is 70.6 cm³/mol. The van der Waals surface area contributed by atoms with E-state index in [9.17, 15) is 4.79 Å². The average Bonchev–Trinajstić information content (AvgIpc) is 2.76. The molecule has 0 aliphatic carbocycles. The molecule has 0 saturated carbocycles. The summed E-state index contributed by atoms with van der Waals surface area (Å²) in [6.45, 7) is 6.37. The molecule has 1 aliphatic rings. The van der Waals surface area contributed by atoms with E-state index in [1.54, 1.807) is 4.68 Å². The molecule has 0 spiro atoms. The van der Waals surface area contributed by atoms with E-state index in [4.69, 9.17) is 9.47 Å². The lowest BCUT2D eigenvalue weighted by molar-refractivity contribution is -0.154. The molecular formula is C14H22N2O3. The molecule has 5 nitrogen and oxygen atoms in total. The van der Waals surface area contributed by atoms with Crippen LogP contribution in [-0.2, 0) is 20.7 Å². The van der Waals surface area contributed by atoms with Gasteiger partial charge in [0, 0.05) is 12.8 Å². The number of esters is 1. The van der Waals surface area contributed by atoms with Crippen molar-refractivity contribution < 1.29 is 14.3 Å². The van der Waals surface area contributed by atoms with Gasteiger partial charge in [0.1, 0.15) is 11.8 Å². The largest absolute Gasteiger partial charge is 0.460 e. The highest BCUT2D eigenvalue weighted by molar-refractivity contribution is 5.72. The molecule has 5 heteroatoms. The summed E-state index contributed by atoms with van der Waals surface area (Å²) in [7, 11) is 0. The summed E-state index contributed by atoms with van der Waals surface area (Å²) in [5.74, 6) is -0.248. The van der Waals surface area contributed by atoms with Crippen LogP contribution in [0, 0.1) is 0 Å². The minimum Gasteiger partial charge on any atom is -0.460 e. The van der Waals surface area contributed by atoms with Gasteiger partial charge < -0.3 is 9.47 Å². The smallest absolute Gasteiger partial charge is 0.312 e. The molecule has 1 aromatic heterocycles. The van der Waals surface area contributed by atoms with Crippen LogP contribution >= 0.6 is 0 Å². The summed E-state index contributed by atoms with van der Waals surface area (Å²) < 4.78 is 12.7. The van der Waals surface area contributed by atoms with Crippen molar-refractivity contribution in [3.05, 3.63) is 18.0 Å². The van der Waals surface area contributed by atoms with Crippen LogP contribution in [0.3, 0.4) is 0 Å². The van der Waals surface area contributed by atoms with Crippen molar-refractivity contribution in [2.75, 3.05) is 6.61 Å². The molecule has 1 fully saturated rings. The fourth-order valence-electron chi connectivity index (χ4n) is 2.09. The first-order valence-corrected chi connectivity index (χ1v) is 6.81. The number of carbonyl (C=O) groups is 1. The molecule has 1 unspecified atom stereocenters. The van der Waals surface area contributed by atoms with Gasteiger partial charge in [0.25, 0.3) is 0 Å². The first-order valence-electron chi connectivity index (χ1n) is 6.81. The predicted octanol–water partition coefficient (Wildman–Crippen LogP) is 2.47. The van der Waals surface area contributed by atoms with Crippen molar-refractivity contribution >= 4 is 5.97 Å². The molecule has 0 bridgehead atoms. The Bertz CT molecular complexity index is 428. The van der Waals surface area contributed by atoms with Gasteiger partial charge in [-0.05, 0) is 46.1 Å². The van der Waals surface area contributed by atoms with Gasteiger partial charge in [-0.15, -0.1) is 0 Å². The summed E-state index contributed by atoms with van der Waals surface area (Å²) in [5.41, 5.74) is 0.273. The minimum atomic E-state index is -0.452. The monoisotopic (exact) mass is 266 g/mol. The van der Waals surface area contributed by atoms with Gasteiger partial charge in [-0.25, -0.2) is 4.68 Å². The Hall–Kier alpha value is -1.36. The highest BCUT2D eigenvalue weighted by atomic mass is 16.6. The number of carbonyl (C=O) groups excluding carboxylic acids is 1. The SMILES string of the molecule is CC(C)(C)OC(=O)Cc1ccn(C2CCCCO2)n1. The van der Waals surface area contributed by atoms with Gasteiger partial charge in [-0.2, -0.15) is 5.10 Å². The van der Waals surface area contributed by atoms with Crippen LogP contribution < -0.4 is 0 Å². The van der Waals surface area contributed by atoms with Crippen molar-refractivity contribution in [2.45, 2.75) is 58.3 Å². The second-order valence-electron chi connectivity index (χ2n) is 5.87. The third kappa shape index (κ3) is 4.35.